The number of methoxy groups -OCH3 is 1. The molecular formula is C14H16N4O3. The predicted octanol–water partition coefficient (Wildman–Crippen LogP) is 0.619. The first-order chi connectivity index (χ1) is 10.2. The van der Waals surface area contributed by atoms with Gasteiger partial charge in [0.05, 0.1) is 30.8 Å². The lowest BCUT2D eigenvalue weighted by Crippen LogP contribution is -2.50. The molecule has 1 saturated heterocycles. The first-order valence-electron chi connectivity index (χ1n) is 6.62. The van der Waals surface area contributed by atoms with Crippen LogP contribution >= 0.6 is 0 Å². The molecule has 0 saturated carbocycles. The highest BCUT2D eigenvalue weighted by Crippen LogP contribution is 2.20. The van der Waals surface area contributed by atoms with Gasteiger partial charge in [-0.15, -0.1) is 0 Å². The summed E-state index contributed by atoms with van der Waals surface area (Å²) in [7, 11) is 3.18. The Kier molecular flexibility index (Phi) is 3.57. The second kappa shape index (κ2) is 5.53. The lowest BCUT2D eigenvalue weighted by molar-refractivity contribution is 0.0600. The Hall–Kier alpha value is -2.41. The van der Waals surface area contributed by atoms with Gasteiger partial charge in [-0.3, -0.25) is 0 Å². The van der Waals surface area contributed by atoms with E-state index in [1.807, 2.05) is 7.05 Å². The second-order valence-corrected chi connectivity index (χ2v) is 4.86. The van der Waals surface area contributed by atoms with E-state index in [0.717, 1.165) is 18.8 Å². The largest absolute Gasteiger partial charge is 0.485 e. The SMILES string of the molecule is COC(=O)c1cc(-c2ncc(OC3CNC3)cn2)n(C)c1. The molecule has 0 amide bonds. The van der Waals surface area contributed by atoms with E-state index in [9.17, 15) is 4.79 Å². The summed E-state index contributed by atoms with van der Waals surface area (Å²) in [5.41, 5.74) is 1.21. The summed E-state index contributed by atoms with van der Waals surface area (Å²) in [6, 6.07) is 1.71. The zero-order chi connectivity index (χ0) is 14.8. The van der Waals surface area contributed by atoms with Crippen LogP contribution in [-0.2, 0) is 11.8 Å². The lowest BCUT2D eigenvalue weighted by atomic mass is 10.2. The molecule has 7 heteroatoms. The fraction of sp³-hybridized carbons (Fsp3) is 0.357. The Balaban J connectivity index is 1.79. The van der Waals surface area contributed by atoms with Crippen molar-refractivity contribution in [2.75, 3.05) is 20.2 Å². The molecule has 0 bridgehead atoms. The Bertz CT molecular complexity index is 647. The molecule has 3 rings (SSSR count). The van der Waals surface area contributed by atoms with Gasteiger partial charge in [-0.2, -0.15) is 0 Å². The highest BCUT2D eigenvalue weighted by molar-refractivity contribution is 5.90. The number of hydrogen-bond donors (Lipinski definition) is 1. The van der Waals surface area contributed by atoms with Gasteiger partial charge >= 0.3 is 5.97 Å². The number of ether oxygens (including phenoxy) is 2. The van der Waals surface area contributed by atoms with E-state index in [1.54, 1.807) is 29.2 Å². The Labute approximate surface area is 121 Å². The van der Waals surface area contributed by atoms with Crippen LogP contribution in [0.2, 0.25) is 0 Å². The van der Waals surface area contributed by atoms with Crippen LogP contribution in [0.3, 0.4) is 0 Å². The molecule has 0 unspecified atom stereocenters. The Morgan fingerprint density at radius 2 is 2.10 bits per heavy atom. The molecule has 110 valence electrons. The van der Waals surface area contributed by atoms with Crippen LogP contribution in [0, 0.1) is 0 Å². The summed E-state index contributed by atoms with van der Waals surface area (Å²) in [5, 5.41) is 3.13. The van der Waals surface area contributed by atoms with Gasteiger partial charge < -0.3 is 19.4 Å². The van der Waals surface area contributed by atoms with Crippen LogP contribution in [0.25, 0.3) is 11.5 Å². The molecule has 1 N–H and O–H groups in total. The van der Waals surface area contributed by atoms with Crippen molar-refractivity contribution in [2.45, 2.75) is 6.10 Å². The monoisotopic (exact) mass is 288 g/mol. The zero-order valence-corrected chi connectivity index (χ0v) is 11.9. The average molecular weight is 288 g/mol. The Morgan fingerprint density at radius 3 is 2.67 bits per heavy atom. The van der Waals surface area contributed by atoms with Crippen molar-refractivity contribution in [3.8, 4) is 17.3 Å². The molecule has 0 atom stereocenters. The van der Waals surface area contributed by atoms with Crippen LogP contribution in [0.15, 0.2) is 24.7 Å². The molecule has 0 aromatic carbocycles. The first-order valence-corrected chi connectivity index (χ1v) is 6.62. The second-order valence-electron chi connectivity index (χ2n) is 4.86. The summed E-state index contributed by atoms with van der Waals surface area (Å²) >= 11 is 0. The van der Waals surface area contributed by atoms with Gasteiger partial charge in [0.2, 0.25) is 0 Å². The summed E-state index contributed by atoms with van der Waals surface area (Å²) in [6.07, 6.45) is 5.17. The van der Waals surface area contributed by atoms with E-state index in [1.165, 1.54) is 7.11 Å². The molecule has 1 aliphatic rings. The first kappa shape index (κ1) is 13.6. The molecule has 1 fully saturated rings. The van der Waals surface area contributed by atoms with Gasteiger partial charge in [-0.05, 0) is 6.07 Å². The maximum absolute atomic E-state index is 11.5. The fourth-order valence-corrected chi connectivity index (χ4v) is 2.06. The van der Waals surface area contributed by atoms with Crippen molar-refractivity contribution in [1.29, 1.82) is 0 Å². The van der Waals surface area contributed by atoms with Gasteiger partial charge in [0.15, 0.2) is 11.6 Å². The number of nitrogens with one attached hydrogen (secondary N) is 1. The number of carbonyl (C=O) groups excluding carboxylic acids is 1. The van der Waals surface area contributed by atoms with E-state index >= 15 is 0 Å². The molecule has 2 aromatic heterocycles. The number of rotatable bonds is 4. The average Bonchev–Trinajstić information content (AvgIpc) is 2.85. The minimum absolute atomic E-state index is 0.195. The van der Waals surface area contributed by atoms with Gasteiger partial charge in [0.1, 0.15) is 6.10 Å². The number of aromatic nitrogens is 3. The van der Waals surface area contributed by atoms with E-state index in [2.05, 4.69) is 15.3 Å². The molecule has 0 spiro atoms. The predicted molar refractivity (Wildman–Crippen MR) is 75.1 cm³/mol. The molecular weight excluding hydrogens is 272 g/mol. The zero-order valence-electron chi connectivity index (χ0n) is 11.9. The molecule has 1 aliphatic heterocycles. The summed E-state index contributed by atoms with van der Waals surface area (Å²) < 4.78 is 12.2. The molecule has 21 heavy (non-hydrogen) atoms. The number of aryl methyl sites for hydroxylation is 1. The third-order valence-electron chi connectivity index (χ3n) is 3.33. The smallest absolute Gasteiger partial charge is 0.339 e. The van der Waals surface area contributed by atoms with Crippen LogP contribution in [0.5, 0.6) is 5.75 Å². The van der Waals surface area contributed by atoms with Gasteiger partial charge in [-0.1, -0.05) is 0 Å². The quantitative estimate of drug-likeness (QED) is 0.831. The third-order valence-corrected chi connectivity index (χ3v) is 3.33. The number of hydrogen-bond acceptors (Lipinski definition) is 6. The highest BCUT2D eigenvalue weighted by Gasteiger charge is 2.19. The minimum atomic E-state index is -0.380. The standard InChI is InChI=1S/C14H16N4O3/c1-18-8-9(14(19)20-2)3-12(18)13-16-6-11(7-17-13)21-10-4-15-5-10/h3,6-8,10,15H,4-5H2,1-2H3. The van der Waals surface area contributed by atoms with Crippen molar-refractivity contribution in [2.24, 2.45) is 7.05 Å². The van der Waals surface area contributed by atoms with Gasteiger partial charge in [0.25, 0.3) is 0 Å². The van der Waals surface area contributed by atoms with Crippen molar-refractivity contribution < 1.29 is 14.3 Å². The van der Waals surface area contributed by atoms with E-state index in [-0.39, 0.29) is 12.1 Å². The van der Waals surface area contributed by atoms with Crippen molar-refractivity contribution >= 4 is 5.97 Å². The van der Waals surface area contributed by atoms with E-state index in [0.29, 0.717) is 17.1 Å². The molecule has 0 aliphatic carbocycles. The molecule has 0 radical (unpaired) electrons. The minimum Gasteiger partial charge on any atom is -0.485 e. The fourth-order valence-electron chi connectivity index (χ4n) is 2.06. The maximum atomic E-state index is 11.5. The highest BCUT2D eigenvalue weighted by atomic mass is 16.5. The van der Waals surface area contributed by atoms with Crippen LogP contribution in [0.1, 0.15) is 10.4 Å². The summed E-state index contributed by atoms with van der Waals surface area (Å²) in [5.74, 6) is 0.800. The van der Waals surface area contributed by atoms with E-state index in [4.69, 9.17) is 9.47 Å². The van der Waals surface area contributed by atoms with Crippen molar-refractivity contribution in [1.82, 2.24) is 19.9 Å². The van der Waals surface area contributed by atoms with Gasteiger partial charge in [-0.25, -0.2) is 14.8 Å². The molecule has 7 nitrogen and oxygen atoms in total. The third kappa shape index (κ3) is 2.73. The van der Waals surface area contributed by atoms with Crippen LogP contribution in [0.4, 0.5) is 0 Å². The number of esters is 1. The van der Waals surface area contributed by atoms with Crippen molar-refractivity contribution in [3.63, 3.8) is 0 Å². The van der Waals surface area contributed by atoms with Gasteiger partial charge in [0, 0.05) is 26.3 Å². The summed E-state index contributed by atoms with van der Waals surface area (Å²) in [4.78, 5) is 20.1. The van der Waals surface area contributed by atoms with Crippen LogP contribution in [-0.4, -0.2) is 46.8 Å². The van der Waals surface area contributed by atoms with E-state index < -0.39 is 0 Å². The number of nitrogens with zero attached hydrogens (tertiary/aromatic N) is 3. The molecule has 2 aromatic rings. The Morgan fingerprint density at radius 1 is 1.38 bits per heavy atom. The van der Waals surface area contributed by atoms with Crippen molar-refractivity contribution in [3.05, 3.63) is 30.2 Å². The van der Waals surface area contributed by atoms with Crippen LogP contribution < -0.4 is 10.1 Å². The number of carbonyl (C=O) groups is 1. The topological polar surface area (TPSA) is 78.3 Å². The normalized spacial score (nSPS) is 14.6. The lowest BCUT2D eigenvalue weighted by Gasteiger charge is -2.27. The molecule has 3 heterocycles. The summed E-state index contributed by atoms with van der Waals surface area (Å²) in [6.45, 7) is 1.70. The maximum Gasteiger partial charge on any atom is 0.339 e.